The highest BCUT2D eigenvalue weighted by Gasteiger charge is 2.41. The molecule has 1 N–H and O–H groups in total. The fraction of sp³-hybridized carbons (Fsp3) is 0.542. The molecule has 1 aliphatic carbocycles. The minimum Gasteiger partial charge on any atom is -0.497 e. The number of aromatic nitrogens is 2. The summed E-state index contributed by atoms with van der Waals surface area (Å²) < 4.78 is 5.35. The van der Waals surface area contributed by atoms with Crippen molar-refractivity contribution >= 4 is 23.4 Å². The molecule has 1 saturated carbocycles. The molecule has 4 rings (SSSR count). The standard InChI is InChI=1S/C24H33N5O2/c1-16(17-9-8-12-19(13-17)31-5)26-23-25-14-20-21(27-23)29(18-10-6-7-11-18)15-24(2,3)22(30)28(20)4/h8-9,12-14,16,18H,6-7,10-11,15H2,1-5H3,(H,25,26,27). The highest BCUT2D eigenvalue weighted by molar-refractivity contribution is 6.00. The van der Waals surface area contributed by atoms with Crippen LogP contribution in [0.2, 0.25) is 0 Å². The van der Waals surface area contributed by atoms with Crippen LogP contribution < -0.4 is 19.9 Å². The van der Waals surface area contributed by atoms with Crippen molar-refractivity contribution in [1.29, 1.82) is 0 Å². The number of nitrogens with zero attached hydrogens (tertiary/aromatic N) is 4. The second-order valence-electron chi connectivity index (χ2n) is 9.36. The molecule has 1 unspecified atom stereocenters. The van der Waals surface area contributed by atoms with E-state index in [4.69, 9.17) is 9.72 Å². The van der Waals surface area contributed by atoms with Crippen LogP contribution in [0.3, 0.4) is 0 Å². The molecule has 1 aliphatic heterocycles. The lowest BCUT2D eigenvalue weighted by Gasteiger charge is -2.34. The molecule has 166 valence electrons. The van der Waals surface area contributed by atoms with Gasteiger partial charge in [0, 0.05) is 19.6 Å². The summed E-state index contributed by atoms with van der Waals surface area (Å²) in [6.07, 6.45) is 6.51. The highest BCUT2D eigenvalue weighted by atomic mass is 16.5. The van der Waals surface area contributed by atoms with Gasteiger partial charge in [0.15, 0.2) is 5.82 Å². The van der Waals surface area contributed by atoms with Crippen LogP contribution in [0.4, 0.5) is 17.5 Å². The van der Waals surface area contributed by atoms with Gasteiger partial charge in [-0.1, -0.05) is 25.0 Å². The normalized spacial score (nSPS) is 19.7. The Morgan fingerprint density at radius 2 is 2.00 bits per heavy atom. The Morgan fingerprint density at radius 3 is 2.71 bits per heavy atom. The maximum absolute atomic E-state index is 13.1. The number of fused-ring (bicyclic) bond motifs is 1. The minimum absolute atomic E-state index is 0.00895. The number of carbonyl (C=O) groups excluding carboxylic acids is 1. The summed E-state index contributed by atoms with van der Waals surface area (Å²) in [4.78, 5) is 26.7. The smallest absolute Gasteiger partial charge is 0.234 e. The van der Waals surface area contributed by atoms with E-state index in [0.717, 1.165) is 35.7 Å². The molecule has 31 heavy (non-hydrogen) atoms. The Kier molecular flexibility index (Phi) is 5.77. The molecule has 0 radical (unpaired) electrons. The predicted octanol–water partition coefficient (Wildman–Crippen LogP) is 4.41. The van der Waals surface area contributed by atoms with Crippen LogP contribution in [-0.4, -0.2) is 42.6 Å². The van der Waals surface area contributed by atoms with Crippen molar-refractivity contribution in [2.24, 2.45) is 5.41 Å². The number of benzene rings is 1. The van der Waals surface area contributed by atoms with Crippen molar-refractivity contribution in [3.8, 4) is 5.75 Å². The Morgan fingerprint density at radius 1 is 1.26 bits per heavy atom. The summed E-state index contributed by atoms with van der Waals surface area (Å²) in [5.74, 6) is 2.34. The first-order valence-electron chi connectivity index (χ1n) is 11.1. The molecule has 0 bridgehead atoms. The van der Waals surface area contributed by atoms with E-state index in [1.807, 2.05) is 39.1 Å². The molecule has 1 fully saturated rings. The average Bonchev–Trinajstić information content (AvgIpc) is 3.29. The largest absolute Gasteiger partial charge is 0.497 e. The van der Waals surface area contributed by atoms with Gasteiger partial charge >= 0.3 is 0 Å². The van der Waals surface area contributed by atoms with Gasteiger partial charge in [0.05, 0.1) is 24.8 Å². The number of hydrogen-bond acceptors (Lipinski definition) is 6. The SMILES string of the molecule is COc1cccc(C(C)Nc2ncc3c(n2)N(C2CCCC2)CC(C)(C)C(=O)N3C)c1. The zero-order valence-corrected chi connectivity index (χ0v) is 19.2. The number of carbonyl (C=O) groups is 1. The van der Waals surface area contributed by atoms with E-state index in [9.17, 15) is 4.79 Å². The van der Waals surface area contributed by atoms with Gasteiger partial charge in [0.25, 0.3) is 0 Å². The second-order valence-corrected chi connectivity index (χ2v) is 9.36. The monoisotopic (exact) mass is 423 g/mol. The molecule has 0 spiro atoms. The minimum atomic E-state index is -0.487. The second kappa shape index (κ2) is 8.36. The van der Waals surface area contributed by atoms with Gasteiger partial charge in [-0.15, -0.1) is 0 Å². The van der Waals surface area contributed by atoms with E-state index in [1.54, 1.807) is 18.2 Å². The van der Waals surface area contributed by atoms with Crippen molar-refractivity contribution in [3.63, 3.8) is 0 Å². The van der Waals surface area contributed by atoms with E-state index in [1.165, 1.54) is 12.8 Å². The van der Waals surface area contributed by atoms with Gasteiger partial charge < -0.3 is 19.9 Å². The van der Waals surface area contributed by atoms with E-state index < -0.39 is 5.41 Å². The van der Waals surface area contributed by atoms with Gasteiger partial charge in [-0.25, -0.2) is 4.98 Å². The van der Waals surface area contributed by atoms with Crippen LogP contribution in [0.5, 0.6) is 5.75 Å². The summed E-state index contributed by atoms with van der Waals surface area (Å²) in [7, 11) is 3.50. The maximum atomic E-state index is 13.1. The van der Waals surface area contributed by atoms with E-state index in [-0.39, 0.29) is 11.9 Å². The quantitative estimate of drug-likeness (QED) is 0.768. The van der Waals surface area contributed by atoms with Crippen LogP contribution in [0.25, 0.3) is 0 Å². The van der Waals surface area contributed by atoms with Gasteiger partial charge in [0.2, 0.25) is 11.9 Å². The van der Waals surface area contributed by atoms with Crippen LogP contribution >= 0.6 is 0 Å². The molecule has 0 saturated heterocycles. The summed E-state index contributed by atoms with van der Waals surface area (Å²) in [5, 5.41) is 3.43. The molecule has 1 amide bonds. The zero-order valence-electron chi connectivity index (χ0n) is 19.2. The first-order chi connectivity index (χ1) is 14.8. The number of rotatable bonds is 5. The third-order valence-electron chi connectivity index (χ3n) is 6.54. The number of hydrogen-bond donors (Lipinski definition) is 1. The van der Waals surface area contributed by atoms with Crippen LogP contribution in [0, 0.1) is 5.41 Å². The number of nitrogens with one attached hydrogen (secondary N) is 1. The Labute approximate surface area is 184 Å². The van der Waals surface area contributed by atoms with Crippen molar-refractivity contribution < 1.29 is 9.53 Å². The van der Waals surface area contributed by atoms with E-state index >= 15 is 0 Å². The third-order valence-corrected chi connectivity index (χ3v) is 6.54. The van der Waals surface area contributed by atoms with Gasteiger partial charge in [-0.3, -0.25) is 4.79 Å². The fourth-order valence-electron chi connectivity index (χ4n) is 4.72. The maximum Gasteiger partial charge on any atom is 0.234 e. The molecular weight excluding hydrogens is 390 g/mol. The van der Waals surface area contributed by atoms with Gasteiger partial charge in [-0.05, 0) is 51.3 Å². The number of anilines is 3. The average molecular weight is 424 g/mol. The third kappa shape index (κ3) is 4.18. The summed E-state index contributed by atoms with van der Waals surface area (Å²) in [5.41, 5.74) is 1.39. The van der Waals surface area contributed by atoms with Gasteiger partial charge in [0.1, 0.15) is 11.4 Å². The molecule has 1 aromatic heterocycles. The van der Waals surface area contributed by atoms with Crippen molar-refractivity contribution in [2.45, 2.75) is 58.5 Å². The topological polar surface area (TPSA) is 70.6 Å². The van der Waals surface area contributed by atoms with E-state index in [0.29, 0.717) is 18.5 Å². The molecule has 2 aromatic rings. The lowest BCUT2D eigenvalue weighted by molar-refractivity contribution is -0.125. The summed E-state index contributed by atoms with van der Waals surface area (Å²) in [6.45, 7) is 6.79. The molecule has 2 aliphatic rings. The predicted molar refractivity (Wildman–Crippen MR) is 124 cm³/mol. The molecular formula is C24H33N5O2. The lowest BCUT2D eigenvalue weighted by Crippen LogP contribution is -2.45. The van der Waals surface area contributed by atoms with Crippen molar-refractivity contribution in [3.05, 3.63) is 36.0 Å². The number of methoxy groups -OCH3 is 1. The molecule has 1 aromatic carbocycles. The summed E-state index contributed by atoms with van der Waals surface area (Å²) in [6, 6.07) is 8.41. The lowest BCUT2D eigenvalue weighted by atomic mass is 9.91. The van der Waals surface area contributed by atoms with Crippen LogP contribution in [0.15, 0.2) is 30.5 Å². The summed E-state index contributed by atoms with van der Waals surface area (Å²) >= 11 is 0. The van der Waals surface area contributed by atoms with Crippen LogP contribution in [-0.2, 0) is 4.79 Å². The van der Waals surface area contributed by atoms with Crippen molar-refractivity contribution in [2.75, 3.05) is 35.8 Å². The van der Waals surface area contributed by atoms with Crippen molar-refractivity contribution in [1.82, 2.24) is 9.97 Å². The molecule has 2 heterocycles. The first-order valence-corrected chi connectivity index (χ1v) is 11.1. The Bertz CT molecular complexity index is 955. The zero-order chi connectivity index (χ0) is 22.2. The number of ether oxygens (including phenoxy) is 1. The van der Waals surface area contributed by atoms with Crippen LogP contribution in [0.1, 0.15) is 58.1 Å². The number of amides is 1. The van der Waals surface area contributed by atoms with Gasteiger partial charge in [-0.2, -0.15) is 4.98 Å². The van der Waals surface area contributed by atoms with E-state index in [2.05, 4.69) is 28.2 Å². The molecule has 1 atom stereocenters. The first kappa shape index (κ1) is 21.4. The molecule has 7 nitrogen and oxygen atoms in total. The molecule has 7 heteroatoms. The Balaban J connectivity index is 1.68. The highest BCUT2D eigenvalue weighted by Crippen LogP contribution is 2.40. The Hall–Kier alpha value is -2.83. The fourth-order valence-corrected chi connectivity index (χ4v) is 4.72.